The minimum absolute atomic E-state index is 0.228. The van der Waals surface area contributed by atoms with Crippen LogP contribution in [-0.4, -0.2) is 61.1 Å². The summed E-state index contributed by atoms with van der Waals surface area (Å²) in [6.07, 6.45) is 3.64. The fraction of sp³-hybridized carbons (Fsp3) is 0.643. The van der Waals surface area contributed by atoms with Crippen molar-refractivity contribution >= 4 is 5.69 Å². The van der Waals surface area contributed by atoms with E-state index in [-0.39, 0.29) is 6.04 Å². The fourth-order valence-corrected chi connectivity index (χ4v) is 2.75. The standard InChI is InChI=1S/C14H25N5/c1-4-17-14(11-9-16-6-5-12(11)15)13-10-18(2)7-8-19(13)3/h5-6,9,13-14,17H,4,7-8,10H2,1-3H3,(H2,15,16). The second kappa shape index (κ2) is 6.32. The molecule has 2 heterocycles. The molecule has 5 heteroatoms. The Morgan fingerprint density at radius 3 is 2.95 bits per heavy atom. The van der Waals surface area contributed by atoms with Gasteiger partial charge in [0, 0.05) is 49.3 Å². The molecule has 2 rings (SSSR count). The van der Waals surface area contributed by atoms with Gasteiger partial charge in [-0.3, -0.25) is 9.88 Å². The normalized spacial score (nSPS) is 23.4. The molecular weight excluding hydrogens is 238 g/mol. The molecule has 3 N–H and O–H groups in total. The van der Waals surface area contributed by atoms with Crippen LogP contribution < -0.4 is 11.1 Å². The lowest BCUT2D eigenvalue weighted by Gasteiger charge is -2.42. The number of hydrogen-bond acceptors (Lipinski definition) is 5. The summed E-state index contributed by atoms with van der Waals surface area (Å²) >= 11 is 0. The third kappa shape index (κ3) is 3.23. The van der Waals surface area contributed by atoms with Crippen LogP contribution in [0.25, 0.3) is 0 Å². The Bertz CT molecular complexity index is 409. The summed E-state index contributed by atoms with van der Waals surface area (Å²) in [6.45, 7) is 6.30. The predicted octanol–water partition coefficient (Wildman–Crippen LogP) is 0.560. The van der Waals surface area contributed by atoms with Crippen LogP contribution >= 0.6 is 0 Å². The molecule has 0 spiro atoms. The number of likely N-dealkylation sites (N-methyl/N-ethyl adjacent to an activating group) is 3. The quantitative estimate of drug-likeness (QED) is 0.831. The highest BCUT2D eigenvalue weighted by Gasteiger charge is 2.31. The minimum atomic E-state index is 0.228. The first-order valence-corrected chi connectivity index (χ1v) is 6.95. The maximum atomic E-state index is 6.13. The number of nitrogens with zero attached hydrogens (tertiary/aromatic N) is 3. The third-order valence-electron chi connectivity index (χ3n) is 3.93. The van der Waals surface area contributed by atoms with Crippen molar-refractivity contribution in [3.8, 4) is 0 Å². The van der Waals surface area contributed by atoms with E-state index in [4.69, 9.17) is 5.73 Å². The van der Waals surface area contributed by atoms with Crippen molar-refractivity contribution in [1.29, 1.82) is 0 Å². The second-order valence-corrected chi connectivity index (χ2v) is 5.35. The topological polar surface area (TPSA) is 57.4 Å². The number of nitrogens with two attached hydrogens (primary N) is 1. The average molecular weight is 263 g/mol. The van der Waals surface area contributed by atoms with Crippen LogP contribution in [0.15, 0.2) is 18.5 Å². The molecule has 2 unspecified atom stereocenters. The number of anilines is 1. The number of aromatic nitrogens is 1. The van der Waals surface area contributed by atoms with E-state index in [0.29, 0.717) is 6.04 Å². The number of nitrogens with one attached hydrogen (secondary N) is 1. The molecule has 0 bridgehead atoms. The van der Waals surface area contributed by atoms with Gasteiger partial charge in [-0.25, -0.2) is 0 Å². The second-order valence-electron chi connectivity index (χ2n) is 5.35. The maximum Gasteiger partial charge on any atom is 0.0526 e. The number of rotatable bonds is 4. The Kier molecular flexibility index (Phi) is 4.74. The first kappa shape index (κ1) is 14.2. The van der Waals surface area contributed by atoms with Gasteiger partial charge in [0.05, 0.1) is 6.04 Å². The molecule has 1 aliphatic rings. The van der Waals surface area contributed by atoms with Crippen LogP contribution in [0.4, 0.5) is 5.69 Å². The van der Waals surface area contributed by atoms with Gasteiger partial charge in [-0.05, 0) is 26.7 Å². The molecule has 0 radical (unpaired) electrons. The summed E-state index contributed by atoms with van der Waals surface area (Å²) < 4.78 is 0. The van der Waals surface area contributed by atoms with Crippen LogP contribution in [0.3, 0.4) is 0 Å². The smallest absolute Gasteiger partial charge is 0.0526 e. The molecule has 0 aliphatic carbocycles. The monoisotopic (exact) mass is 263 g/mol. The molecule has 0 amide bonds. The lowest BCUT2D eigenvalue weighted by Crippen LogP contribution is -2.55. The van der Waals surface area contributed by atoms with Crippen LogP contribution in [0.1, 0.15) is 18.5 Å². The minimum Gasteiger partial charge on any atom is -0.398 e. The third-order valence-corrected chi connectivity index (χ3v) is 3.93. The zero-order valence-electron chi connectivity index (χ0n) is 12.1. The number of pyridine rings is 1. The van der Waals surface area contributed by atoms with E-state index in [0.717, 1.165) is 37.4 Å². The molecule has 106 valence electrons. The van der Waals surface area contributed by atoms with Gasteiger partial charge in [-0.2, -0.15) is 0 Å². The van der Waals surface area contributed by atoms with Crippen LogP contribution in [0.2, 0.25) is 0 Å². The summed E-state index contributed by atoms with van der Waals surface area (Å²) in [4.78, 5) is 9.03. The molecule has 1 saturated heterocycles. The summed E-state index contributed by atoms with van der Waals surface area (Å²) in [6, 6.07) is 2.53. The molecule has 1 fully saturated rings. The predicted molar refractivity (Wildman–Crippen MR) is 79.0 cm³/mol. The molecular formula is C14H25N5. The highest BCUT2D eigenvalue weighted by atomic mass is 15.3. The zero-order chi connectivity index (χ0) is 13.8. The van der Waals surface area contributed by atoms with Crippen LogP contribution in [0.5, 0.6) is 0 Å². The van der Waals surface area contributed by atoms with E-state index >= 15 is 0 Å². The Hall–Kier alpha value is -1.17. The first-order chi connectivity index (χ1) is 9.13. The molecule has 19 heavy (non-hydrogen) atoms. The van der Waals surface area contributed by atoms with Crippen molar-refractivity contribution in [2.45, 2.75) is 19.0 Å². The van der Waals surface area contributed by atoms with Gasteiger partial charge in [0.25, 0.3) is 0 Å². The Morgan fingerprint density at radius 2 is 2.26 bits per heavy atom. The molecule has 1 aromatic heterocycles. The van der Waals surface area contributed by atoms with Crippen molar-refractivity contribution in [3.05, 3.63) is 24.0 Å². The van der Waals surface area contributed by atoms with Crippen molar-refractivity contribution in [3.63, 3.8) is 0 Å². The highest BCUT2D eigenvalue weighted by molar-refractivity contribution is 5.47. The molecule has 1 aliphatic heterocycles. The molecule has 2 atom stereocenters. The van der Waals surface area contributed by atoms with Crippen molar-refractivity contribution in [1.82, 2.24) is 20.1 Å². The van der Waals surface area contributed by atoms with E-state index in [9.17, 15) is 0 Å². The van der Waals surface area contributed by atoms with E-state index in [1.165, 1.54) is 0 Å². The van der Waals surface area contributed by atoms with E-state index in [2.05, 4.69) is 41.1 Å². The lowest BCUT2D eigenvalue weighted by atomic mass is 9.96. The SMILES string of the molecule is CCNC(c1cnccc1N)C1CN(C)CCN1C. The van der Waals surface area contributed by atoms with Crippen molar-refractivity contribution in [2.24, 2.45) is 0 Å². The Labute approximate surface area is 115 Å². The van der Waals surface area contributed by atoms with E-state index < -0.39 is 0 Å². The van der Waals surface area contributed by atoms with Gasteiger partial charge < -0.3 is 16.0 Å². The van der Waals surface area contributed by atoms with Crippen LogP contribution in [0, 0.1) is 0 Å². The number of piperazine rings is 1. The van der Waals surface area contributed by atoms with E-state index in [1.54, 1.807) is 6.20 Å². The van der Waals surface area contributed by atoms with Gasteiger partial charge >= 0.3 is 0 Å². The largest absolute Gasteiger partial charge is 0.398 e. The van der Waals surface area contributed by atoms with Crippen molar-refractivity contribution in [2.75, 3.05) is 46.0 Å². The Morgan fingerprint density at radius 1 is 1.47 bits per heavy atom. The highest BCUT2D eigenvalue weighted by Crippen LogP contribution is 2.26. The summed E-state index contributed by atoms with van der Waals surface area (Å²) in [7, 11) is 4.37. The van der Waals surface area contributed by atoms with Gasteiger partial charge in [0.1, 0.15) is 0 Å². The molecule has 0 saturated carbocycles. The molecule has 5 nitrogen and oxygen atoms in total. The molecule has 1 aromatic rings. The van der Waals surface area contributed by atoms with Gasteiger partial charge in [0.15, 0.2) is 0 Å². The molecule has 0 aromatic carbocycles. The average Bonchev–Trinajstić information content (AvgIpc) is 2.40. The van der Waals surface area contributed by atoms with Gasteiger partial charge in [0.2, 0.25) is 0 Å². The number of nitrogen functional groups attached to an aromatic ring is 1. The lowest BCUT2D eigenvalue weighted by molar-refractivity contribution is 0.0881. The van der Waals surface area contributed by atoms with Gasteiger partial charge in [-0.15, -0.1) is 0 Å². The van der Waals surface area contributed by atoms with Crippen LogP contribution in [-0.2, 0) is 0 Å². The number of hydrogen-bond donors (Lipinski definition) is 2. The zero-order valence-corrected chi connectivity index (χ0v) is 12.1. The maximum absolute atomic E-state index is 6.13. The first-order valence-electron chi connectivity index (χ1n) is 6.95. The summed E-state index contributed by atoms with van der Waals surface area (Å²) in [5, 5.41) is 3.57. The summed E-state index contributed by atoms with van der Waals surface area (Å²) in [5.74, 6) is 0. The van der Waals surface area contributed by atoms with Gasteiger partial charge in [-0.1, -0.05) is 6.92 Å². The fourth-order valence-electron chi connectivity index (χ4n) is 2.75. The van der Waals surface area contributed by atoms with Crippen molar-refractivity contribution < 1.29 is 0 Å². The summed E-state index contributed by atoms with van der Waals surface area (Å²) in [5.41, 5.74) is 8.06. The van der Waals surface area contributed by atoms with E-state index in [1.807, 2.05) is 12.3 Å². The Balaban J connectivity index is 2.26.